The highest BCUT2D eigenvalue weighted by molar-refractivity contribution is 5.03. The average molecular weight is 275 g/mol. The monoisotopic (exact) mass is 275 g/mol. The highest BCUT2D eigenvalue weighted by atomic mass is 19.4. The first-order chi connectivity index (χ1) is 8.97. The topological polar surface area (TPSA) is 29.9 Å². The van der Waals surface area contributed by atoms with Gasteiger partial charge in [-0.2, -0.15) is 18.3 Å². The molecule has 0 radical (unpaired) electrons. The standard InChI is InChI=1S/C13H20F3N3/c1-10(9-17-11-5-3-2-4-6-11)19-8-7-12(18-19)13(14,15)16/h7-8,10-11,17H,2-6,9H2,1H3. The van der Waals surface area contributed by atoms with Crippen molar-refractivity contribution in [2.24, 2.45) is 0 Å². The number of alkyl halides is 3. The van der Waals surface area contributed by atoms with Crippen molar-refractivity contribution < 1.29 is 13.2 Å². The second-order valence-corrected chi connectivity index (χ2v) is 5.27. The lowest BCUT2D eigenvalue weighted by atomic mass is 9.95. The molecule has 19 heavy (non-hydrogen) atoms. The van der Waals surface area contributed by atoms with Crippen molar-refractivity contribution in [3.63, 3.8) is 0 Å². The molecule has 1 unspecified atom stereocenters. The number of nitrogens with one attached hydrogen (secondary N) is 1. The van der Waals surface area contributed by atoms with E-state index in [1.54, 1.807) is 0 Å². The fourth-order valence-corrected chi connectivity index (χ4v) is 2.47. The van der Waals surface area contributed by atoms with E-state index in [4.69, 9.17) is 0 Å². The summed E-state index contributed by atoms with van der Waals surface area (Å²) in [5.41, 5.74) is -0.822. The van der Waals surface area contributed by atoms with Crippen LogP contribution in [0.3, 0.4) is 0 Å². The van der Waals surface area contributed by atoms with E-state index in [0.29, 0.717) is 12.6 Å². The molecule has 0 aliphatic heterocycles. The Kier molecular flexibility index (Phi) is 4.50. The Balaban J connectivity index is 1.85. The van der Waals surface area contributed by atoms with Gasteiger partial charge < -0.3 is 5.32 Å². The maximum Gasteiger partial charge on any atom is 0.435 e. The van der Waals surface area contributed by atoms with Gasteiger partial charge in [0.2, 0.25) is 0 Å². The summed E-state index contributed by atoms with van der Waals surface area (Å²) in [5.74, 6) is 0. The average Bonchev–Trinajstić information content (AvgIpc) is 2.87. The van der Waals surface area contributed by atoms with Gasteiger partial charge in [-0.05, 0) is 25.8 Å². The van der Waals surface area contributed by atoms with Crippen LogP contribution in [0.2, 0.25) is 0 Å². The third-order valence-corrected chi connectivity index (χ3v) is 3.66. The molecular weight excluding hydrogens is 255 g/mol. The number of hydrogen-bond acceptors (Lipinski definition) is 2. The molecule has 1 aliphatic carbocycles. The van der Waals surface area contributed by atoms with Crippen molar-refractivity contribution in [3.05, 3.63) is 18.0 Å². The van der Waals surface area contributed by atoms with E-state index in [1.165, 1.54) is 43.0 Å². The third-order valence-electron chi connectivity index (χ3n) is 3.66. The Labute approximate surface area is 111 Å². The van der Waals surface area contributed by atoms with Crippen LogP contribution < -0.4 is 5.32 Å². The molecule has 1 aromatic rings. The van der Waals surface area contributed by atoms with Crippen molar-refractivity contribution in [3.8, 4) is 0 Å². The van der Waals surface area contributed by atoms with Crippen LogP contribution in [0.1, 0.15) is 50.8 Å². The Bertz CT molecular complexity index is 394. The molecule has 1 aliphatic rings. The summed E-state index contributed by atoms with van der Waals surface area (Å²) in [6.07, 6.45) is 3.15. The highest BCUT2D eigenvalue weighted by Crippen LogP contribution is 2.27. The number of aromatic nitrogens is 2. The van der Waals surface area contributed by atoms with E-state index < -0.39 is 11.9 Å². The van der Waals surface area contributed by atoms with Gasteiger partial charge in [0.15, 0.2) is 5.69 Å². The van der Waals surface area contributed by atoms with Crippen molar-refractivity contribution in [1.29, 1.82) is 0 Å². The first kappa shape index (κ1) is 14.4. The van der Waals surface area contributed by atoms with Crippen LogP contribution in [0.15, 0.2) is 12.3 Å². The molecule has 0 spiro atoms. The predicted octanol–water partition coefficient (Wildman–Crippen LogP) is 3.39. The van der Waals surface area contributed by atoms with Crippen LogP contribution in [0, 0.1) is 0 Å². The third kappa shape index (κ3) is 3.96. The second-order valence-electron chi connectivity index (χ2n) is 5.27. The van der Waals surface area contributed by atoms with Crippen molar-refractivity contribution >= 4 is 0 Å². The van der Waals surface area contributed by atoms with E-state index in [9.17, 15) is 13.2 Å². The van der Waals surface area contributed by atoms with Crippen molar-refractivity contribution in [1.82, 2.24) is 15.1 Å². The maximum atomic E-state index is 12.4. The minimum absolute atomic E-state index is 0.0713. The van der Waals surface area contributed by atoms with E-state index in [-0.39, 0.29) is 6.04 Å². The van der Waals surface area contributed by atoms with Gasteiger partial charge in [-0.15, -0.1) is 0 Å². The number of halogens is 3. The number of rotatable bonds is 4. The molecule has 6 heteroatoms. The molecule has 1 heterocycles. The molecule has 1 fully saturated rings. The summed E-state index contributed by atoms with van der Waals surface area (Å²) < 4.78 is 38.7. The molecule has 0 bridgehead atoms. The summed E-state index contributed by atoms with van der Waals surface area (Å²) in [4.78, 5) is 0. The largest absolute Gasteiger partial charge is 0.435 e. The van der Waals surface area contributed by atoms with Gasteiger partial charge in [0.1, 0.15) is 0 Å². The molecule has 0 amide bonds. The predicted molar refractivity (Wildman–Crippen MR) is 66.8 cm³/mol. The molecule has 1 aromatic heterocycles. The lowest BCUT2D eigenvalue weighted by Gasteiger charge is -2.24. The second kappa shape index (κ2) is 5.94. The summed E-state index contributed by atoms with van der Waals surface area (Å²) in [6, 6.07) is 1.46. The summed E-state index contributed by atoms with van der Waals surface area (Å²) in [7, 11) is 0. The summed E-state index contributed by atoms with van der Waals surface area (Å²) in [5, 5.41) is 7.02. The lowest BCUT2D eigenvalue weighted by Crippen LogP contribution is -2.35. The van der Waals surface area contributed by atoms with Crippen molar-refractivity contribution in [2.75, 3.05) is 6.54 Å². The Morgan fingerprint density at radius 3 is 2.63 bits per heavy atom. The van der Waals surface area contributed by atoms with Crippen LogP contribution in [-0.4, -0.2) is 22.4 Å². The van der Waals surface area contributed by atoms with E-state index >= 15 is 0 Å². The molecule has 3 nitrogen and oxygen atoms in total. The van der Waals surface area contributed by atoms with E-state index in [2.05, 4.69) is 10.4 Å². The van der Waals surface area contributed by atoms with Gasteiger partial charge in [0.05, 0.1) is 6.04 Å². The van der Waals surface area contributed by atoms with Gasteiger partial charge in [0, 0.05) is 18.8 Å². The minimum atomic E-state index is -4.36. The van der Waals surface area contributed by atoms with Gasteiger partial charge in [-0.25, -0.2) is 0 Å². The molecule has 0 aromatic carbocycles. The molecule has 1 saturated carbocycles. The zero-order chi connectivity index (χ0) is 13.9. The van der Waals surface area contributed by atoms with Gasteiger partial charge in [-0.1, -0.05) is 19.3 Å². The SMILES string of the molecule is CC(CNC1CCCCC1)n1ccc(C(F)(F)F)n1. The molecule has 2 rings (SSSR count). The van der Waals surface area contributed by atoms with Crippen LogP contribution >= 0.6 is 0 Å². The fourth-order valence-electron chi connectivity index (χ4n) is 2.47. The smallest absolute Gasteiger partial charge is 0.312 e. The van der Waals surface area contributed by atoms with Gasteiger partial charge >= 0.3 is 6.18 Å². The number of hydrogen-bond donors (Lipinski definition) is 1. The zero-order valence-electron chi connectivity index (χ0n) is 11.1. The summed E-state index contributed by atoms with van der Waals surface area (Å²) in [6.45, 7) is 2.53. The molecule has 0 saturated heterocycles. The zero-order valence-corrected chi connectivity index (χ0v) is 11.1. The van der Waals surface area contributed by atoms with Crippen LogP contribution in [0.4, 0.5) is 13.2 Å². The van der Waals surface area contributed by atoms with Gasteiger partial charge in [-0.3, -0.25) is 4.68 Å². The fraction of sp³-hybridized carbons (Fsp3) is 0.769. The molecule has 108 valence electrons. The Morgan fingerprint density at radius 2 is 2.05 bits per heavy atom. The van der Waals surface area contributed by atoms with Crippen LogP contribution in [0.25, 0.3) is 0 Å². The molecular formula is C13H20F3N3. The Hall–Kier alpha value is -1.04. The van der Waals surface area contributed by atoms with Crippen molar-refractivity contribution in [2.45, 2.75) is 57.3 Å². The normalized spacial score (nSPS) is 19.6. The maximum absolute atomic E-state index is 12.4. The minimum Gasteiger partial charge on any atom is -0.312 e. The first-order valence-corrected chi connectivity index (χ1v) is 6.82. The summed E-state index contributed by atoms with van der Waals surface area (Å²) >= 11 is 0. The highest BCUT2D eigenvalue weighted by Gasteiger charge is 2.33. The lowest BCUT2D eigenvalue weighted by molar-refractivity contribution is -0.141. The molecule has 1 atom stereocenters. The first-order valence-electron chi connectivity index (χ1n) is 6.82. The van der Waals surface area contributed by atoms with Crippen LogP contribution in [0.5, 0.6) is 0 Å². The quantitative estimate of drug-likeness (QED) is 0.913. The van der Waals surface area contributed by atoms with Crippen LogP contribution in [-0.2, 0) is 6.18 Å². The molecule has 1 N–H and O–H groups in total. The van der Waals surface area contributed by atoms with Gasteiger partial charge in [0.25, 0.3) is 0 Å². The number of nitrogens with zero attached hydrogens (tertiary/aromatic N) is 2. The van der Waals surface area contributed by atoms with E-state index in [1.807, 2.05) is 6.92 Å². The Morgan fingerprint density at radius 1 is 1.37 bits per heavy atom. The van der Waals surface area contributed by atoms with E-state index in [0.717, 1.165) is 6.07 Å².